The zero-order valence-corrected chi connectivity index (χ0v) is 11.4. The van der Waals surface area contributed by atoms with E-state index in [1.54, 1.807) is 11.0 Å². The Balaban J connectivity index is 1.92. The largest absolute Gasteiger partial charge is 0.325 e. The minimum atomic E-state index is -0.683. The molecule has 0 aromatic heterocycles. The lowest BCUT2D eigenvalue weighted by atomic mass is 9.95. The lowest BCUT2D eigenvalue weighted by molar-refractivity contribution is -0.126. The van der Waals surface area contributed by atoms with Crippen LogP contribution < -0.4 is 5.32 Å². The first-order valence-electron chi connectivity index (χ1n) is 6.91. The highest BCUT2D eigenvalue weighted by Gasteiger charge is 2.53. The van der Waals surface area contributed by atoms with E-state index in [0.29, 0.717) is 19.4 Å². The predicted molar refractivity (Wildman–Crippen MR) is 71.4 cm³/mol. The summed E-state index contributed by atoms with van der Waals surface area (Å²) in [5, 5.41) is 2.42. The van der Waals surface area contributed by atoms with Crippen LogP contribution in [0.25, 0.3) is 0 Å². The van der Waals surface area contributed by atoms with Gasteiger partial charge in [0.1, 0.15) is 11.4 Å². The van der Waals surface area contributed by atoms with E-state index in [9.17, 15) is 14.0 Å². The van der Waals surface area contributed by atoms with Gasteiger partial charge in [0.15, 0.2) is 0 Å². The van der Waals surface area contributed by atoms with Crippen LogP contribution in [0.5, 0.6) is 0 Å². The topological polar surface area (TPSA) is 49.4 Å². The average molecular weight is 276 g/mol. The Morgan fingerprint density at radius 2 is 2.00 bits per heavy atom. The number of imide groups is 1. The first-order valence-corrected chi connectivity index (χ1v) is 6.91. The van der Waals surface area contributed by atoms with Gasteiger partial charge in [0, 0.05) is 6.54 Å². The Morgan fingerprint density at radius 1 is 1.30 bits per heavy atom. The molecule has 0 bridgehead atoms. The molecule has 1 spiro atoms. The zero-order chi connectivity index (χ0) is 14.3. The van der Waals surface area contributed by atoms with Crippen molar-refractivity contribution < 1.29 is 14.0 Å². The standard InChI is InChI=1S/C15H17FN2O2/c1-10-8-12(16)5-4-11(10)9-18-14(20)17-13(19)15(18)6-2-3-7-15/h4-5,8H,2-3,6-7,9H2,1H3,(H,17,19,20). The van der Waals surface area contributed by atoms with E-state index in [1.807, 2.05) is 6.92 Å². The third-order valence-electron chi connectivity index (χ3n) is 4.47. The number of aryl methyl sites for hydroxylation is 1. The lowest BCUT2D eigenvalue weighted by Crippen LogP contribution is -2.46. The van der Waals surface area contributed by atoms with Gasteiger partial charge in [-0.15, -0.1) is 0 Å². The van der Waals surface area contributed by atoms with Crippen molar-refractivity contribution in [3.8, 4) is 0 Å². The van der Waals surface area contributed by atoms with Gasteiger partial charge in [0.25, 0.3) is 5.91 Å². The number of nitrogens with zero attached hydrogens (tertiary/aromatic N) is 1. The molecule has 1 saturated heterocycles. The van der Waals surface area contributed by atoms with Crippen molar-refractivity contribution in [2.75, 3.05) is 0 Å². The zero-order valence-electron chi connectivity index (χ0n) is 11.4. The summed E-state index contributed by atoms with van der Waals surface area (Å²) >= 11 is 0. The Labute approximate surface area is 117 Å². The van der Waals surface area contributed by atoms with E-state index in [1.165, 1.54) is 12.1 Å². The molecule has 0 radical (unpaired) electrons. The molecule has 2 aliphatic rings. The molecular formula is C15H17FN2O2. The fourth-order valence-electron chi connectivity index (χ4n) is 3.28. The Bertz CT molecular complexity index is 579. The van der Waals surface area contributed by atoms with Gasteiger partial charge in [0.05, 0.1) is 0 Å². The number of benzene rings is 1. The highest BCUT2D eigenvalue weighted by Crippen LogP contribution is 2.39. The number of amides is 3. The molecule has 1 aromatic rings. The van der Waals surface area contributed by atoms with Crippen molar-refractivity contribution in [2.45, 2.75) is 44.7 Å². The van der Waals surface area contributed by atoms with Gasteiger partial charge in [-0.2, -0.15) is 0 Å². The summed E-state index contributed by atoms with van der Waals surface area (Å²) in [6, 6.07) is 4.19. The first kappa shape index (κ1) is 13.1. The molecule has 1 heterocycles. The second-order valence-electron chi connectivity index (χ2n) is 5.65. The van der Waals surface area contributed by atoms with E-state index >= 15 is 0 Å². The fraction of sp³-hybridized carbons (Fsp3) is 0.467. The molecular weight excluding hydrogens is 259 g/mol. The van der Waals surface area contributed by atoms with Crippen LogP contribution in [0.3, 0.4) is 0 Å². The molecule has 0 unspecified atom stereocenters. The average Bonchev–Trinajstić information content (AvgIpc) is 2.95. The number of nitrogens with one attached hydrogen (secondary N) is 1. The van der Waals surface area contributed by atoms with E-state index < -0.39 is 5.54 Å². The van der Waals surface area contributed by atoms with Crippen molar-refractivity contribution in [3.63, 3.8) is 0 Å². The normalized spacial score (nSPS) is 20.8. The summed E-state index contributed by atoms with van der Waals surface area (Å²) in [4.78, 5) is 25.8. The highest BCUT2D eigenvalue weighted by atomic mass is 19.1. The molecule has 4 nitrogen and oxygen atoms in total. The molecule has 106 valence electrons. The molecule has 3 amide bonds. The SMILES string of the molecule is Cc1cc(F)ccc1CN1C(=O)NC(=O)C12CCCC2. The van der Waals surface area contributed by atoms with E-state index in [0.717, 1.165) is 24.0 Å². The third kappa shape index (κ3) is 1.88. The minimum absolute atomic E-state index is 0.181. The summed E-state index contributed by atoms with van der Waals surface area (Å²) in [6.45, 7) is 2.17. The van der Waals surface area contributed by atoms with Crippen LogP contribution in [0, 0.1) is 12.7 Å². The first-order chi connectivity index (χ1) is 9.53. The maximum absolute atomic E-state index is 13.1. The molecule has 1 aromatic carbocycles. The Morgan fingerprint density at radius 3 is 2.65 bits per heavy atom. The maximum atomic E-state index is 13.1. The second-order valence-corrected chi connectivity index (χ2v) is 5.65. The van der Waals surface area contributed by atoms with E-state index in [-0.39, 0.29) is 17.8 Å². The third-order valence-corrected chi connectivity index (χ3v) is 4.47. The van der Waals surface area contributed by atoms with Crippen LogP contribution in [-0.2, 0) is 11.3 Å². The van der Waals surface area contributed by atoms with Gasteiger partial charge in [-0.25, -0.2) is 9.18 Å². The van der Waals surface area contributed by atoms with Crippen LogP contribution in [0.15, 0.2) is 18.2 Å². The van der Waals surface area contributed by atoms with Crippen LogP contribution in [0.2, 0.25) is 0 Å². The van der Waals surface area contributed by atoms with Crippen molar-refractivity contribution in [3.05, 3.63) is 35.1 Å². The molecule has 1 aliphatic carbocycles. The monoisotopic (exact) mass is 276 g/mol. The van der Waals surface area contributed by atoms with Crippen LogP contribution in [0.4, 0.5) is 9.18 Å². The second kappa shape index (κ2) is 4.58. The van der Waals surface area contributed by atoms with Crippen LogP contribution in [0.1, 0.15) is 36.8 Å². The number of halogens is 1. The Hall–Kier alpha value is -1.91. The van der Waals surface area contributed by atoms with Crippen molar-refractivity contribution >= 4 is 11.9 Å². The maximum Gasteiger partial charge on any atom is 0.325 e. The number of carbonyl (C=O) groups is 2. The molecule has 2 fully saturated rings. The van der Waals surface area contributed by atoms with Gasteiger partial charge < -0.3 is 4.90 Å². The minimum Gasteiger partial charge on any atom is -0.305 e. The molecule has 1 N–H and O–H groups in total. The number of hydrogen-bond acceptors (Lipinski definition) is 2. The molecule has 0 atom stereocenters. The fourth-order valence-corrected chi connectivity index (χ4v) is 3.28. The smallest absolute Gasteiger partial charge is 0.305 e. The quantitative estimate of drug-likeness (QED) is 0.844. The van der Waals surface area contributed by atoms with Gasteiger partial charge in [0.2, 0.25) is 0 Å². The van der Waals surface area contributed by atoms with Crippen LogP contribution in [-0.4, -0.2) is 22.4 Å². The molecule has 1 saturated carbocycles. The Kier molecular flexibility index (Phi) is 3.00. The van der Waals surface area contributed by atoms with Crippen molar-refractivity contribution in [1.29, 1.82) is 0 Å². The summed E-state index contributed by atoms with van der Waals surface area (Å²) in [5.74, 6) is -0.469. The molecule has 20 heavy (non-hydrogen) atoms. The number of rotatable bonds is 2. The number of urea groups is 1. The van der Waals surface area contributed by atoms with Crippen LogP contribution >= 0.6 is 0 Å². The van der Waals surface area contributed by atoms with Crippen molar-refractivity contribution in [2.24, 2.45) is 0 Å². The molecule has 3 rings (SSSR count). The summed E-state index contributed by atoms with van der Waals surface area (Å²) in [5.41, 5.74) is 0.991. The highest BCUT2D eigenvalue weighted by molar-refractivity contribution is 6.07. The molecule has 5 heteroatoms. The van der Waals surface area contributed by atoms with Gasteiger partial charge in [-0.3, -0.25) is 10.1 Å². The predicted octanol–water partition coefficient (Wildman–Crippen LogP) is 2.50. The van der Waals surface area contributed by atoms with Gasteiger partial charge in [-0.1, -0.05) is 18.9 Å². The molecule has 1 aliphatic heterocycles. The summed E-state index contributed by atoms with van der Waals surface area (Å²) in [7, 11) is 0. The lowest BCUT2D eigenvalue weighted by Gasteiger charge is -2.31. The number of carbonyl (C=O) groups excluding carboxylic acids is 2. The summed E-state index contributed by atoms with van der Waals surface area (Å²) < 4.78 is 13.1. The van der Waals surface area contributed by atoms with E-state index in [4.69, 9.17) is 0 Å². The van der Waals surface area contributed by atoms with Crippen molar-refractivity contribution in [1.82, 2.24) is 10.2 Å². The van der Waals surface area contributed by atoms with Gasteiger partial charge in [-0.05, 0) is 43.0 Å². The van der Waals surface area contributed by atoms with E-state index in [2.05, 4.69) is 5.32 Å². The summed E-state index contributed by atoms with van der Waals surface area (Å²) in [6.07, 6.45) is 3.34. The van der Waals surface area contributed by atoms with Gasteiger partial charge >= 0.3 is 6.03 Å². The number of hydrogen-bond donors (Lipinski definition) is 1.